The van der Waals surface area contributed by atoms with Gasteiger partial charge in [0.1, 0.15) is 4.90 Å². The Balaban J connectivity index is 2.21. The van der Waals surface area contributed by atoms with Crippen molar-refractivity contribution in [3.63, 3.8) is 0 Å². The van der Waals surface area contributed by atoms with Crippen molar-refractivity contribution in [2.45, 2.75) is 56.5 Å². The number of hydrogen-bond acceptors (Lipinski definition) is 4. The minimum Gasteiger partial charge on any atom is -0.329 e. The maximum absolute atomic E-state index is 12.7. The fourth-order valence-corrected chi connectivity index (χ4v) is 4.51. The SMILES string of the molecule is CCN(C1CCCCC1)S(=O)(=O)c1cnn(CCN)c1. The first kappa shape index (κ1) is 15.5. The van der Waals surface area contributed by atoms with E-state index in [2.05, 4.69) is 5.10 Å². The summed E-state index contributed by atoms with van der Waals surface area (Å²) in [6.45, 7) is 3.39. The molecule has 1 heterocycles. The molecule has 20 heavy (non-hydrogen) atoms. The minimum absolute atomic E-state index is 0.136. The van der Waals surface area contributed by atoms with E-state index in [0.29, 0.717) is 19.6 Å². The smallest absolute Gasteiger partial charge is 0.246 e. The van der Waals surface area contributed by atoms with Gasteiger partial charge in [-0.05, 0) is 12.8 Å². The highest BCUT2D eigenvalue weighted by Crippen LogP contribution is 2.27. The summed E-state index contributed by atoms with van der Waals surface area (Å²) in [5.74, 6) is 0. The lowest BCUT2D eigenvalue weighted by Crippen LogP contribution is -2.41. The van der Waals surface area contributed by atoms with Crippen molar-refractivity contribution in [3.8, 4) is 0 Å². The molecule has 0 saturated heterocycles. The first-order valence-corrected chi connectivity index (χ1v) is 8.78. The van der Waals surface area contributed by atoms with Gasteiger partial charge in [-0.15, -0.1) is 0 Å². The number of hydrogen-bond donors (Lipinski definition) is 1. The third-order valence-corrected chi connectivity index (χ3v) is 5.85. The molecule has 114 valence electrons. The van der Waals surface area contributed by atoms with Crippen LogP contribution in [0.25, 0.3) is 0 Å². The molecule has 0 unspecified atom stereocenters. The topological polar surface area (TPSA) is 81.2 Å². The largest absolute Gasteiger partial charge is 0.329 e. The van der Waals surface area contributed by atoms with E-state index in [0.717, 1.165) is 25.7 Å². The molecule has 1 aliphatic rings. The van der Waals surface area contributed by atoms with E-state index in [1.807, 2.05) is 6.92 Å². The zero-order valence-electron chi connectivity index (χ0n) is 12.0. The van der Waals surface area contributed by atoms with Crippen LogP contribution in [-0.2, 0) is 16.6 Å². The second-order valence-corrected chi connectivity index (χ2v) is 7.12. The van der Waals surface area contributed by atoms with Crippen LogP contribution < -0.4 is 5.73 Å². The summed E-state index contributed by atoms with van der Waals surface area (Å²) < 4.78 is 28.7. The highest BCUT2D eigenvalue weighted by atomic mass is 32.2. The normalized spacial score (nSPS) is 17.8. The molecule has 0 aromatic carbocycles. The Morgan fingerprint density at radius 1 is 1.40 bits per heavy atom. The number of nitrogens with zero attached hydrogens (tertiary/aromatic N) is 3. The summed E-state index contributed by atoms with van der Waals surface area (Å²) in [4.78, 5) is 0.276. The predicted octanol–water partition coefficient (Wildman–Crippen LogP) is 1.19. The Morgan fingerprint density at radius 2 is 2.10 bits per heavy atom. The molecule has 1 aliphatic carbocycles. The summed E-state index contributed by atoms with van der Waals surface area (Å²) in [6.07, 6.45) is 8.37. The molecule has 0 bridgehead atoms. The third kappa shape index (κ3) is 3.21. The van der Waals surface area contributed by atoms with Gasteiger partial charge in [0, 0.05) is 25.3 Å². The van der Waals surface area contributed by atoms with Crippen molar-refractivity contribution in [1.29, 1.82) is 0 Å². The van der Waals surface area contributed by atoms with Crippen LogP contribution in [0.4, 0.5) is 0 Å². The summed E-state index contributed by atoms with van der Waals surface area (Å²) in [5, 5.41) is 4.06. The van der Waals surface area contributed by atoms with Gasteiger partial charge < -0.3 is 5.73 Å². The molecule has 2 rings (SSSR count). The molecule has 1 fully saturated rings. The van der Waals surface area contributed by atoms with E-state index in [-0.39, 0.29) is 10.9 Å². The van der Waals surface area contributed by atoms with E-state index in [4.69, 9.17) is 5.73 Å². The molecule has 1 saturated carbocycles. The highest BCUT2D eigenvalue weighted by molar-refractivity contribution is 7.89. The van der Waals surface area contributed by atoms with E-state index >= 15 is 0 Å². The number of rotatable bonds is 6. The molecular weight excluding hydrogens is 276 g/mol. The zero-order valence-corrected chi connectivity index (χ0v) is 12.8. The second-order valence-electron chi connectivity index (χ2n) is 5.23. The first-order chi connectivity index (χ1) is 9.59. The molecule has 0 spiro atoms. The quantitative estimate of drug-likeness (QED) is 0.855. The van der Waals surface area contributed by atoms with E-state index in [9.17, 15) is 8.42 Å². The molecule has 0 atom stereocenters. The third-order valence-electron chi connectivity index (χ3n) is 3.87. The summed E-state index contributed by atoms with van der Waals surface area (Å²) >= 11 is 0. The van der Waals surface area contributed by atoms with Crippen molar-refractivity contribution in [1.82, 2.24) is 14.1 Å². The van der Waals surface area contributed by atoms with E-state index < -0.39 is 10.0 Å². The fourth-order valence-electron chi connectivity index (χ4n) is 2.86. The number of aromatic nitrogens is 2. The first-order valence-electron chi connectivity index (χ1n) is 7.34. The van der Waals surface area contributed by atoms with E-state index in [1.165, 1.54) is 12.6 Å². The Morgan fingerprint density at radius 3 is 2.70 bits per heavy atom. The average Bonchev–Trinajstić information content (AvgIpc) is 2.90. The van der Waals surface area contributed by atoms with Crippen LogP contribution in [0, 0.1) is 0 Å². The van der Waals surface area contributed by atoms with Gasteiger partial charge in [-0.25, -0.2) is 8.42 Å². The maximum Gasteiger partial charge on any atom is 0.246 e. The van der Waals surface area contributed by atoms with Crippen molar-refractivity contribution >= 4 is 10.0 Å². The second kappa shape index (κ2) is 6.69. The molecule has 0 aliphatic heterocycles. The zero-order chi connectivity index (χ0) is 14.6. The van der Waals surface area contributed by atoms with Gasteiger partial charge in [-0.2, -0.15) is 9.40 Å². The van der Waals surface area contributed by atoms with Gasteiger partial charge in [0.2, 0.25) is 10.0 Å². The monoisotopic (exact) mass is 300 g/mol. The van der Waals surface area contributed by atoms with Crippen molar-refractivity contribution < 1.29 is 8.42 Å². The lowest BCUT2D eigenvalue weighted by atomic mass is 9.95. The molecule has 7 heteroatoms. The summed E-state index contributed by atoms with van der Waals surface area (Å²) in [6, 6.07) is 0.136. The summed E-state index contributed by atoms with van der Waals surface area (Å²) in [7, 11) is -3.44. The van der Waals surface area contributed by atoms with Crippen molar-refractivity contribution in [2.75, 3.05) is 13.1 Å². The molecule has 1 aromatic heterocycles. The molecule has 2 N–H and O–H groups in total. The summed E-state index contributed by atoms with van der Waals surface area (Å²) in [5.41, 5.74) is 5.46. The Bertz CT molecular complexity index is 520. The van der Waals surface area contributed by atoms with Gasteiger partial charge in [-0.1, -0.05) is 26.2 Å². The molecule has 6 nitrogen and oxygen atoms in total. The lowest BCUT2D eigenvalue weighted by Gasteiger charge is -2.32. The highest BCUT2D eigenvalue weighted by Gasteiger charge is 2.31. The van der Waals surface area contributed by atoms with Crippen LogP contribution in [0.2, 0.25) is 0 Å². The minimum atomic E-state index is -3.44. The predicted molar refractivity (Wildman–Crippen MR) is 77.7 cm³/mol. The Kier molecular flexibility index (Phi) is 5.17. The lowest BCUT2D eigenvalue weighted by molar-refractivity contribution is 0.261. The van der Waals surface area contributed by atoms with Crippen LogP contribution in [0.1, 0.15) is 39.0 Å². The van der Waals surface area contributed by atoms with Crippen LogP contribution in [0.3, 0.4) is 0 Å². The van der Waals surface area contributed by atoms with Crippen LogP contribution in [0.15, 0.2) is 17.3 Å². The molecular formula is C13H24N4O2S. The van der Waals surface area contributed by atoms with Gasteiger partial charge >= 0.3 is 0 Å². The molecule has 1 aromatic rings. The number of nitrogens with two attached hydrogens (primary N) is 1. The van der Waals surface area contributed by atoms with E-state index in [1.54, 1.807) is 15.2 Å². The fraction of sp³-hybridized carbons (Fsp3) is 0.769. The van der Waals surface area contributed by atoms with Gasteiger partial charge in [0.05, 0.1) is 12.7 Å². The Labute approximate surface area is 121 Å². The van der Waals surface area contributed by atoms with Crippen molar-refractivity contribution in [3.05, 3.63) is 12.4 Å². The Hall–Kier alpha value is -0.920. The van der Waals surface area contributed by atoms with Crippen LogP contribution >= 0.6 is 0 Å². The van der Waals surface area contributed by atoms with Gasteiger partial charge in [0.25, 0.3) is 0 Å². The van der Waals surface area contributed by atoms with Crippen molar-refractivity contribution in [2.24, 2.45) is 5.73 Å². The average molecular weight is 300 g/mol. The number of sulfonamides is 1. The van der Waals surface area contributed by atoms with Crippen LogP contribution in [0.5, 0.6) is 0 Å². The molecule has 0 amide bonds. The van der Waals surface area contributed by atoms with Gasteiger partial charge in [0.15, 0.2) is 0 Å². The maximum atomic E-state index is 12.7. The van der Waals surface area contributed by atoms with Crippen LogP contribution in [-0.4, -0.2) is 41.6 Å². The van der Waals surface area contributed by atoms with Gasteiger partial charge in [-0.3, -0.25) is 4.68 Å². The standard InChI is InChI=1S/C13H24N4O2S/c1-2-17(12-6-4-3-5-7-12)20(18,19)13-10-15-16(11-13)9-8-14/h10-12H,2-9,14H2,1H3. The molecule has 0 radical (unpaired) electrons.